The Balaban J connectivity index is 1.84. The Hall–Kier alpha value is -1.78. The van der Waals surface area contributed by atoms with E-state index in [9.17, 15) is 18.0 Å². The molecule has 0 N–H and O–H groups in total. The van der Waals surface area contributed by atoms with Crippen LogP contribution in [0, 0.1) is 0 Å². The van der Waals surface area contributed by atoms with E-state index in [1.807, 2.05) is 0 Å². The number of ether oxygens (including phenoxy) is 1. The zero-order valence-electron chi connectivity index (χ0n) is 12.9. The largest absolute Gasteiger partial charge is 0.462 e. The summed E-state index contributed by atoms with van der Waals surface area (Å²) in [4.78, 5) is 11.6. The second-order valence-electron chi connectivity index (χ2n) is 5.91. The zero-order valence-corrected chi connectivity index (χ0v) is 12.9. The number of carbonyl (C=O) groups excluding carboxylic acids is 1. The fourth-order valence-corrected chi connectivity index (χ4v) is 2.92. The highest BCUT2D eigenvalue weighted by Crippen LogP contribution is 2.36. The van der Waals surface area contributed by atoms with Gasteiger partial charge in [0, 0.05) is 6.42 Å². The SMILES string of the molecule is C=CCCC(=O)O[C@H]1CC[C@H](c2ccc(C(F)(F)F)cc2)CC1. The molecule has 0 unspecified atom stereocenters. The smallest absolute Gasteiger partial charge is 0.416 e. The maximum absolute atomic E-state index is 12.6. The fraction of sp³-hybridized carbons (Fsp3) is 0.500. The van der Waals surface area contributed by atoms with Crippen molar-refractivity contribution < 1.29 is 22.7 Å². The predicted octanol–water partition coefficient (Wildman–Crippen LogP) is 5.24. The van der Waals surface area contributed by atoms with Crippen molar-refractivity contribution in [2.45, 2.75) is 56.7 Å². The van der Waals surface area contributed by atoms with Gasteiger partial charge in [-0.15, -0.1) is 6.58 Å². The summed E-state index contributed by atoms with van der Waals surface area (Å²) in [5.74, 6) is 0.0308. The summed E-state index contributed by atoms with van der Waals surface area (Å²) in [6, 6.07) is 5.39. The molecule has 2 nitrogen and oxygen atoms in total. The maximum Gasteiger partial charge on any atom is 0.416 e. The molecular weight excluding hydrogens is 305 g/mol. The van der Waals surface area contributed by atoms with E-state index in [4.69, 9.17) is 4.74 Å². The van der Waals surface area contributed by atoms with Gasteiger partial charge in [-0.05, 0) is 55.7 Å². The summed E-state index contributed by atoms with van der Waals surface area (Å²) in [6.45, 7) is 3.57. The Morgan fingerprint density at radius 3 is 2.30 bits per heavy atom. The number of benzene rings is 1. The van der Waals surface area contributed by atoms with E-state index in [0.717, 1.165) is 43.4 Å². The monoisotopic (exact) mass is 326 g/mol. The lowest BCUT2D eigenvalue weighted by Crippen LogP contribution is -2.23. The molecule has 0 heterocycles. The quantitative estimate of drug-likeness (QED) is 0.546. The Morgan fingerprint density at radius 1 is 1.17 bits per heavy atom. The molecule has 0 aliphatic heterocycles. The van der Waals surface area contributed by atoms with Gasteiger partial charge in [-0.3, -0.25) is 4.79 Å². The fourth-order valence-electron chi connectivity index (χ4n) is 2.92. The molecule has 5 heteroatoms. The second kappa shape index (κ2) is 7.66. The number of carbonyl (C=O) groups is 1. The van der Waals surface area contributed by atoms with E-state index >= 15 is 0 Å². The van der Waals surface area contributed by atoms with E-state index in [1.54, 1.807) is 18.2 Å². The van der Waals surface area contributed by atoms with Crippen LogP contribution in [-0.2, 0) is 15.7 Å². The maximum atomic E-state index is 12.6. The Labute approximate surface area is 134 Å². The lowest BCUT2D eigenvalue weighted by Gasteiger charge is -2.28. The van der Waals surface area contributed by atoms with Gasteiger partial charge in [-0.25, -0.2) is 0 Å². The van der Waals surface area contributed by atoms with Crippen LogP contribution in [0.3, 0.4) is 0 Å². The van der Waals surface area contributed by atoms with Crippen molar-refractivity contribution in [3.05, 3.63) is 48.0 Å². The Morgan fingerprint density at radius 2 is 1.78 bits per heavy atom. The Bertz CT molecular complexity index is 526. The first kappa shape index (κ1) is 17.6. The number of allylic oxidation sites excluding steroid dienone is 1. The van der Waals surface area contributed by atoms with Gasteiger partial charge in [-0.1, -0.05) is 18.2 Å². The molecule has 126 valence electrons. The van der Waals surface area contributed by atoms with Gasteiger partial charge in [0.1, 0.15) is 6.10 Å². The summed E-state index contributed by atoms with van der Waals surface area (Å²) in [7, 11) is 0. The van der Waals surface area contributed by atoms with Crippen LogP contribution in [0.2, 0.25) is 0 Å². The molecule has 1 aliphatic carbocycles. The number of halogens is 3. The van der Waals surface area contributed by atoms with Gasteiger partial charge in [0.05, 0.1) is 5.56 Å². The third kappa shape index (κ3) is 5.12. The zero-order chi connectivity index (χ0) is 16.9. The van der Waals surface area contributed by atoms with Gasteiger partial charge in [-0.2, -0.15) is 13.2 Å². The molecule has 1 aliphatic rings. The molecule has 1 aromatic carbocycles. The van der Waals surface area contributed by atoms with Gasteiger partial charge in [0.2, 0.25) is 0 Å². The highest BCUT2D eigenvalue weighted by Gasteiger charge is 2.31. The number of esters is 1. The lowest BCUT2D eigenvalue weighted by atomic mass is 9.82. The number of rotatable bonds is 5. The first-order valence-corrected chi connectivity index (χ1v) is 7.87. The summed E-state index contributed by atoms with van der Waals surface area (Å²) < 4.78 is 43.1. The van der Waals surface area contributed by atoms with Gasteiger partial charge in [0.15, 0.2) is 0 Å². The highest BCUT2D eigenvalue weighted by atomic mass is 19.4. The number of hydrogen-bond acceptors (Lipinski definition) is 2. The Kier molecular flexibility index (Phi) is 5.85. The molecule has 1 saturated carbocycles. The molecule has 23 heavy (non-hydrogen) atoms. The molecule has 0 saturated heterocycles. The topological polar surface area (TPSA) is 26.3 Å². The average Bonchev–Trinajstić information content (AvgIpc) is 2.53. The van der Waals surface area contributed by atoms with Crippen molar-refractivity contribution in [2.24, 2.45) is 0 Å². The van der Waals surface area contributed by atoms with E-state index in [2.05, 4.69) is 6.58 Å². The standard InChI is InChI=1S/C18H21F3O2/c1-2-3-4-17(22)23-16-11-7-14(8-12-16)13-5-9-15(10-6-13)18(19,20)21/h2,5-6,9-10,14,16H,1,3-4,7-8,11-12H2/t14-,16-. The summed E-state index contributed by atoms with van der Waals surface area (Å²) in [6.07, 6.45) is 1.44. The summed E-state index contributed by atoms with van der Waals surface area (Å²) in [5.41, 5.74) is 0.306. The molecule has 2 rings (SSSR count). The first-order valence-electron chi connectivity index (χ1n) is 7.87. The van der Waals surface area contributed by atoms with Crippen LogP contribution in [0.15, 0.2) is 36.9 Å². The van der Waals surface area contributed by atoms with E-state index in [-0.39, 0.29) is 18.0 Å². The van der Waals surface area contributed by atoms with Crippen LogP contribution in [-0.4, -0.2) is 12.1 Å². The molecule has 0 amide bonds. The van der Waals surface area contributed by atoms with Gasteiger partial charge < -0.3 is 4.74 Å². The van der Waals surface area contributed by atoms with Crippen LogP contribution >= 0.6 is 0 Å². The number of alkyl halides is 3. The van der Waals surface area contributed by atoms with Crippen LogP contribution in [0.1, 0.15) is 55.6 Å². The van der Waals surface area contributed by atoms with E-state index < -0.39 is 11.7 Å². The molecular formula is C18H21F3O2. The van der Waals surface area contributed by atoms with Crippen LogP contribution < -0.4 is 0 Å². The highest BCUT2D eigenvalue weighted by molar-refractivity contribution is 5.69. The minimum Gasteiger partial charge on any atom is -0.462 e. The van der Waals surface area contributed by atoms with E-state index in [1.165, 1.54) is 0 Å². The van der Waals surface area contributed by atoms with Crippen molar-refractivity contribution in [3.8, 4) is 0 Å². The normalized spacial score (nSPS) is 21.7. The average molecular weight is 326 g/mol. The predicted molar refractivity (Wildman–Crippen MR) is 82.0 cm³/mol. The first-order chi connectivity index (χ1) is 10.9. The molecule has 0 radical (unpaired) electrons. The van der Waals surface area contributed by atoms with Gasteiger partial charge >= 0.3 is 12.1 Å². The van der Waals surface area contributed by atoms with Crippen LogP contribution in [0.5, 0.6) is 0 Å². The summed E-state index contributed by atoms with van der Waals surface area (Å²) >= 11 is 0. The molecule has 0 spiro atoms. The second-order valence-corrected chi connectivity index (χ2v) is 5.91. The third-order valence-electron chi connectivity index (χ3n) is 4.23. The van der Waals surface area contributed by atoms with Crippen molar-refractivity contribution in [2.75, 3.05) is 0 Å². The minimum atomic E-state index is -4.30. The lowest BCUT2D eigenvalue weighted by molar-refractivity contribution is -0.150. The molecule has 0 aromatic heterocycles. The summed E-state index contributed by atoms with van der Waals surface area (Å²) in [5, 5.41) is 0. The van der Waals surface area contributed by atoms with E-state index in [0.29, 0.717) is 12.8 Å². The molecule has 1 fully saturated rings. The molecule has 0 bridgehead atoms. The minimum absolute atomic E-state index is 0.0713. The van der Waals surface area contributed by atoms with Gasteiger partial charge in [0.25, 0.3) is 0 Å². The number of hydrogen-bond donors (Lipinski definition) is 0. The van der Waals surface area contributed by atoms with Crippen molar-refractivity contribution in [1.82, 2.24) is 0 Å². The third-order valence-corrected chi connectivity index (χ3v) is 4.23. The van der Waals surface area contributed by atoms with Crippen LogP contribution in [0.25, 0.3) is 0 Å². The van der Waals surface area contributed by atoms with Crippen LogP contribution in [0.4, 0.5) is 13.2 Å². The molecule has 0 atom stereocenters. The molecule has 1 aromatic rings. The van der Waals surface area contributed by atoms with Crippen molar-refractivity contribution in [3.63, 3.8) is 0 Å². The van der Waals surface area contributed by atoms with Crippen molar-refractivity contribution >= 4 is 5.97 Å². The van der Waals surface area contributed by atoms with Crippen molar-refractivity contribution in [1.29, 1.82) is 0 Å².